The van der Waals surface area contributed by atoms with Gasteiger partial charge in [0.15, 0.2) is 5.78 Å². The van der Waals surface area contributed by atoms with Crippen LogP contribution in [0.4, 0.5) is 0 Å². The third-order valence-electron chi connectivity index (χ3n) is 17.3. The maximum Gasteiger partial charge on any atom is 0.261 e. The molecule has 4 saturated carbocycles. The maximum absolute atomic E-state index is 13.6. The van der Waals surface area contributed by atoms with Crippen molar-refractivity contribution >= 4 is 29.4 Å². The molecule has 0 bridgehead atoms. The standard InChI is InChI=1S/C36H42N2O5.C18H35N.H3N/c1-5-19(2)26-10-6-22(14-20(26)3)16-23-7-13-31(21(4)15-23)38-35(42)28-12-9-25(18-30(28)36(38)43)32(39)24-8-11-27-29(17-24)34(41)37-33(27)40;1-12(2)17-7-5-15(9-13(17)3)11-16-6-8-18(19)14(4)10-16;/h8-9,11-12,17-23,26,31H,5-7,10,13-16H2,1-4H3,(H,37,40,41);12-18H,5-11,19H2,1-4H3;1H3. The van der Waals surface area contributed by atoms with Crippen LogP contribution in [0.2, 0.25) is 0 Å². The highest BCUT2D eigenvalue weighted by Gasteiger charge is 2.45. The van der Waals surface area contributed by atoms with Gasteiger partial charge in [0, 0.05) is 23.2 Å². The zero-order valence-corrected chi connectivity index (χ0v) is 39.9. The van der Waals surface area contributed by atoms with E-state index in [0.29, 0.717) is 17.5 Å². The zero-order chi connectivity index (χ0) is 44.6. The average molecular weight is 865 g/mol. The molecule has 0 spiro atoms. The van der Waals surface area contributed by atoms with Crippen LogP contribution in [0.3, 0.4) is 0 Å². The number of nitrogens with one attached hydrogen (secondary N) is 1. The van der Waals surface area contributed by atoms with Crippen molar-refractivity contribution in [2.24, 2.45) is 76.7 Å². The molecule has 63 heavy (non-hydrogen) atoms. The summed E-state index contributed by atoms with van der Waals surface area (Å²) in [7, 11) is 0. The Hall–Kier alpha value is -3.69. The number of nitrogens with zero attached hydrogens (tertiary/aromatic N) is 1. The molecule has 2 heterocycles. The smallest absolute Gasteiger partial charge is 0.261 e. The molecule has 4 fully saturated rings. The van der Waals surface area contributed by atoms with Gasteiger partial charge in [-0.15, -0.1) is 0 Å². The van der Waals surface area contributed by atoms with Crippen molar-refractivity contribution in [2.75, 3.05) is 0 Å². The minimum atomic E-state index is -0.535. The molecular formula is C54H80N4O5. The molecule has 6 aliphatic rings. The number of hydrogen-bond acceptors (Lipinski definition) is 7. The van der Waals surface area contributed by atoms with E-state index in [1.165, 1.54) is 106 Å². The van der Waals surface area contributed by atoms with Gasteiger partial charge >= 0.3 is 0 Å². The van der Waals surface area contributed by atoms with E-state index in [1.807, 2.05) is 0 Å². The molecule has 346 valence electrons. The Morgan fingerprint density at radius 3 is 1.63 bits per heavy atom. The molecule has 0 aromatic heterocycles. The molecule has 4 aliphatic carbocycles. The molecular weight excluding hydrogens is 785 g/mol. The Labute approximate surface area is 378 Å². The molecule has 2 aliphatic heterocycles. The highest BCUT2D eigenvalue weighted by Crippen LogP contribution is 2.46. The molecule has 9 heteroatoms. The van der Waals surface area contributed by atoms with E-state index in [-0.39, 0.29) is 63.5 Å². The fourth-order valence-electron chi connectivity index (χ4n) is 13.6. The van der Waals surface area contributed by atoms with Crippen molar-refractivity contribution in [3.8, 4) is 0 Å². The van der Waals surface area contributed by atoms with E-state index >= 15 is 0 Å². The monoisotopic (exact) mass is 865 g/mol. The summed E-state index contributed by atoms with van der Waals surface area (Å²) in [4.78, 5) is 65.9. The van der Waals surface area contributed by atoms with Crippen LogP contribution in [0.1, 0.15) is 209 Å². The average Bonchev–Trinajstić information content (AvgIpc) is 3.67. The first kappa shape index (κ1) is 48.8. The largest absolute Gasteiger partial charge is 0.344 e. The number of nitrogens with two attached hydrogens (primary N) is 1. The summed E-state index contributed by atoms with van der Waals surface area (Å²) < 4.78 is 0. The maximum atomic E-state index is 13.6. The predicted molar refractivity (Wildman–Crippen MR) is 252 cm³/mol. The van der Waals surface area contributed by atoms with Crippen molar-refractivity contribution in [3.63, 3.8) is 0 Å². The highest BCUT2D eigenvalue weighted by atomic mass is 16.2. The first-order chi connectivity index (χ1) is 29.5. The summed E-state index contributed by atoms with van der Waals surface area (Å²) >= 11 is 0. The van der Waals surface area contributed by atoms with Gasteiger partial charge in [0.2, 0.25) is 0 Å². The quantitative estimate of drug-likeness (QED) is 0.158. The van der Waals surface area contributed by atoms with Gasteiger partial charge in [0.25, 0.3) is 23.6 Å². The summed E-state index contributed by atoms with van der Waals surface area (Å²) in [5.74, 6) is 7.60. The van der Waals surface area contributed by atoms with Crippen LogP contribution >= 0.6 is 0 Å². The van der Waals surface area contributed by atoms with Crippen LogP contribution < -0.4 is 17.2 Å². The number of hydrogen-bond donors (Lipinski definition) is 3. The second-order valence-corrected chi connectivity index (χ2v) is 21.9. The van der Waals surface area contributed by atoms with E-state index in [4.69, 9.17) is 5.73 Å². The fourth-order valence-corrected chi connectivity index (χ4v) is 13.6. The van der Waals surface area contributed by atoms with Gasteiger partial charge in [-0.3, -0.25) is 34.2 Å². The molecule has 0 radical (unpaired) electrons. The molecule has 8 rings (SSSR count). The zero-order valence-electron chi connectivity index (χ0n) is 39.9. The number of carbonyl (C=O) groups is 5. The third-order valence-corrected chi connectivity index (χ3v) is 17.3. The second-order valence-electron chi connectivity index (χ2n) is 21.9. The number of imide groups is 2. The lowest BCUT2D eigenvalue weighted by atomic mass is 9.66. The van der Waals surface area contributed by atoms with Gasteiger partial charge in [-0.25, -0.2) is 0 Å². The van der Waals surface area contributed by atoms with Crippen molar-refractivity contribution in [2.45, 2.75) is 164 Å². The minimum Gasteiger partial charge on any atom is -0.344 e. The Morgan fingerprint density at radius 2 is 1.10 bits per heavy atom. The minimum absolute atomic E-state index is 0. The van der Waals surface area contributed by atoms with Crippen molar-refractivity contribution < 1.29 is 24.0 Å². The number of ketones is 1. The van der Waals surface area contributed by atoms with Gasteiger partial charge in [0.05, 0.1) is 22.3 Å². The Kier molecular flexibility index (Phi) is 16.0. The summed E-state index contributed by atoms with van der Waals surface area (Å²) in [6.45, 7) is 19.0. The van der Waals surface area contributed by atoms with E-state index < -0.39 is 11.8 Å². The van der Waals surface area contributed by atoms with Gasteiger partial charge in [-0.05, 0) is 172 Å². The van der Waals surface area contributed by atoms with Gasteiger partial charge < -0.3 is 11.9 Å². The number of rotatable bonds is 10. The number of benzene rings is 2. The van der Waals surface area contributed by atoms with E-state index in [2.05, 4.69) is 60.7 Å². The normalized spacial score (nSPS) is 33.5. The Balaban J connectivity index is 0.000000277. The molecule has 2 aromatic rings. The van der Waals surface area contributed by atoms with E-state index in [9.17, 15) is 24.0 Å². The Morgan fingerprint density at radius 1 is 0.619 bits per heavy atom. The summed E-state index contributed by atoms with van der Waals surface area (Å²) in [6.07, 6.45) is 19.4. The SMILES string of the molecule is CC(C)C1CCC(CC2CCC(N)C(C)C2)CC1C.CCC(C)C1CCC(CC2CCC(N3C(=O)c4ccc(C(=O)c5ccc6c(c5)C(=O)NC6=O)cc4C3=O)C(C)C2)CC1C.N. The summed E-state index contributed by atoms with van der Waals surface area (Å²) in [5, 5.41) is 2.23. The molecule has 13 atom stereocenters. The van der Waals surface area contributed by atoms with Gasteiger partial charge in [-0.2, -0.15) is 0 Å². The van der Waals surface area contributed by atoms with Gasteiger partial charge in [0.1, 0.15) is 0 Å². The van der Waals surface area contributed by atoms with E-state index in [0.717, 1.165) is 78.4 Å². The van der Waals surface area contributed by atoms with Crippen molar-refractivity contribution in [1.29, 1.82) is 0 Å². The summed E-state index contributed by atoms with van der Waals surface area (Å²) in [6, 6.07) is 9.34. The van der Waals surface area contributed by atoms with Crippen LogP contribution in [0.5, 0.6) is 0 Å². The Bertz CT molecular complexity index is 1990. The van der Waals surface area contributed by atoms with Crippen LogP contribution in [-0.4, -0.2) is 46.4 Å². The van der Waals surface area contributed by atoms with Crippen LogP contribution in [0, 0.1) is 71.0 Å². The first-order valence-electron chi connectivity index (χ1n) is 24.9. The van der Waals surface area contributed by atoms with Crippen LogP contribution in [-0.2, 0) is 0 Å². The van der Waals surface area contributed by atoms with Crippen LogP contribution in [0.25, 0.3) is 0 Å². The predicted octanol–water partition coefficient (Wildman–Crippen LogP) is 11.7. The second kappa shape index (κ2) is 20.6. The third kappa shape index (κ3) is 10.6. The highest BCUT2D eigenvalue weighted by molar-refractivity contribution is 6.24. The number of carbonyl (C=O) groups excluding carboxylic acids is 5. The molecule has 4 amide bonds. The lowest BCUT2D eigenvalue weighted by molar-refractivity contribution is 0.0418. The molecule has 9 nitrogen and oxygen atoms in total. The molecule has 13 unspecified atom stereocenters. The van der Waals surface area contributed by atoms with Crippen LogP contribution in [0.15, 0.2) is 36.4 Å². The lowest BCUT2D eigenvalue weighted by Crippen LogP contribution is -2.46. The van der Waals surface area contributed by atoms with E-state index in [1.54, 1.807) is 12.1 Å². The van der Waals surface area contributed by atoms with Crippen molar-refractivity contribution in [3.05, 3.63) is 69.8 Å². The fraction of sp³-hybridized carbons (Fsp3) is 0.685. The molecule has 6 N–H and O–H groups in total. The molecule has 2 aromatic carbocycles. The topological polar surface area (TPSA) is 162 Å². The number of amides is 4. The van der Waals surface area contributed by atoms with Crippen molar-refractivity contribution in [1.82, 2.24) is 16.4 Å². The number of fused-ring (bicyclic) bond motifs is 2. The summed E-state index contributed by atoms with van der Waals surface area (Å²) in [5.41, 5.74) is 7.64. The molecule has 0 saturated heterocycles. The first-order valence-corrected chi connectivity index (χ1v) is 24.9. The lowest BCUT2D eigenvalue weighted by Gasteiger charge is -2.42. The van der Waals surface area contributed by atoms with Gasteiger partial charge in [-0.1, -0.05) is 86.8 Å².